The molecule has 2 aromatic rings. The number of rotatable bonds is 4. The third-order valence-electron chi connectivity index (χ3n) is 2.31. The molecule has 1 aromatic heterocycles. The fourth-order valence-electron chi connectivity index (χ4n) is 1.42. The van der Waals surface area contributed by atoms with Crippen LogP contribution in [0.25, 0.3) is 0 Å². The minimum Gasteiger partial charge on any atom is -0.292 e. The Morgan fingerprint density at radius 1 is 1.16 bits per heavy atom. The number of carbonyl (C=O) groups is 1. The number of hydrogen-bond donors (Lipinski definition) is 2. The molecule has 0 aliphatic heterocycles. The number of aromatic nitrogens is 1. The fourth-order valence-corrected chi connectivity index (χ4v) is 1.42. The van der Waals surface area contributed by atoms with Crippen molar-refractivity contribution in [3.05, 3.63) is 64.5 Å². The van der Waals surface area contributed by atoms with Gasteiger partial charge in [0.1, 0.15) is 11.4 Å². The van der Waals surface area contributed by atoms with Gasteiger partial charge in [-0.1, -0.05) is 18.2 Å². The molecule has 1 heterocycles. The zero-order valence-corrected chi connectivity index (χ0v) is 9.74. The number of nitro groups is 1. The van der Waals surface area contributed by atoms with Crippen molar-refractivity contribution >= 4 is 17.3 Å². The summed E-state index contributed by atoms with van der Waals surface area (Å²) in [5.74, 6) is -0.473. The van der Waals surface area contributed by atoms with E-state index in [-0.39, 0.29) is 17.1 Å². The number of nitro benzene ring substituents is 1. The van der Waals surface area contributed by atoms with Crippen LogP contribution in [0.3, 0.4) is 0 Å². The highest BCUT2D eigenvalue weighted by atomic mass is 16.6. The highest BCUT2D eigenvalue weighted by molar-refractivity contribution is 5.93. The van der Waals surface area contributed by atoms with E-state index in [0.717, 1.165) is 0 Å². The summed E-state index contributed by atoms with van der Waals surface area (Å²) in [4.78, 5) is 25.8. The molecule has 0 saturated carbocycles. The molecule has 1 amide bonds. The molecule has 7 heteroatoms. The summed E-state index contributed by atoms with van der Waals surface area (Å²) in [6, 6.07) is 10.9. The zero-order valence-electron chi connectivity index (χ0n) is 9.74. The Bertz CT molecular complexity index is 601. The van der Waals surface area contributed by atoms with Gasteiger partial charge in [0.05, 0.1) is 4.92 Å². The van der Waals surface area contributed by atoms with E-state index in [0.29, 0.717) is 0 Å². The second-order valence-corrected chi connectivity index (χ2v) is 3.57. The number of nitrogens with one attached hydrogen (secondary N) is 2. The predicted octanol–water partition coefficient (Wildman–Crippen LogP) is 1.75. The lowest BCUT2D eigenvalue weighted by Gasteiger charge is -2.08. The number of pyridine rings is 1. The minimum absolute atomic E-state index is 0.121. The number of amides is 1. The van der Waals surface area contributed by atoms with Crippen LogP contribution in [0.1, 0.15) is 10.5 Å². The summed E-state index contributed by atoms with van der Waals surface area (Å²) in [6.07, 6.45) is 1.49. The van der Waals surface area contributed by atoms with Gasteiger partial charge in [0.25, 0.3) is 11.6 Å². The molecular weight excluding hydrogens is 248 g/mol. The van der Waals surface area contributed by atoms with Crippen LogP contribution in [0.15, 0.2) is 48.7 Å². The lowest BCUT2D eigenvalue weighted by molar-refractivity contribution is -0.384. The Morgan fingerprint density at radius 3 is 2.58 bits per heavy atom. The second-order valence-electron chi connectivity index (χ2n) is 3.57. The first-order chi connectivity index (χ1) is 9.18. The van der Waals surface area contributed by atoms with Gasteiger partial charge in [-0.2, -0.15) is 0 Å². The number of hydrazine groups is 1. The number of carbonyl (C=O) groups excluding carboxylic acids is 1. The average Bonchev–Trinajstić information content (AvgIpc) is 2.46. The first kappa shape index (κ1) is 12.5. The molecule has 0 fully saturated rings. The van der Waals surface area contributed by atoms with E-state index in [1.54, 1.807) is 24.3 Å². The van der Waals surface area contributed by atoms with Gasteiger partial charge in [-0.15, -0.1) is 0 Å². The maximum absolute atomic E-state index is 11.7. The van der Waals surface area contributed by atoms with Gasteiger partial charge < -0.3 is 0 Å². The summed E-state index contributed by atoms with van der Waals surface area (Å²) >= 11 is 0. The van der Waals surface area contributed by atoms with Gasteiger partial charge in [0.15, 0.2) is 0 Å². The van der Waals surface area contributed by atoms with Crippen LogP contribution >= 0.6 is 0 Å². The van der Waals surface area contributed by atoms with Crippen LogP contribution in [0, 0.1) is 10.1 Å². The SMILES string of the molecule is O=C(NNc1ccccc1[N+](=O)[O-])c1ccccn1. The molecular formula is C12H10N4O3. The molecule has 19 heavy (non-hydrogen) atoms. The van der Waals surface area contributed by atoms with Crippen molar-refractivity contribution in [2.75, 3.05) is 5.43 Å². The van der Waals surface area contributed by atoms with Crippen molar-refractivity contribution in [3.63, 3.8) is 0 Å². The molecule has 0 unspecified atom stereocenters. The van der Waals surface area contributed by atoms with Crippen molar-refractivity contribution in [1.82, 2.24) is 10.4 Å². The van der Waals surface area contributed by atoms with E-state index in [1.807, 2.05) is 0 Å². The molecule has 0 bridgehead atoms. The van der Waals surface area contributed by atoms with Crippen LogP contribution < -0.4 is 10.9 Å². The minimum atomic E-state index is -0.532. The monoisotopic (exact) mass is 258 g/mol. The fraction of sp³-hybridized carbons (Fsp3) is 0. The normalized spacial score (nSPS) is 9.68. The van der Waals surface area contributed by atoms with Crippen LogP contribution in [-0.2, 0) is 0 Å². The van der Waals surface area contributed by atoms with Gasteiger partial charge in [-0.05, 0) is 18.2 Å². The summed E-state index contributed by atoms with van der Waals surface area (Å²) in [6.45, 7) is 0. The van der Waals surface area contributed by atoms with Gasteiger partial charge in [0, 0.05) is 12.3 Å². The van der Waals surface area contributed by atoms with Crippen LogP contribution in [0.2, 0.25) is 0 Å². The van der Waals surface area contributed by atoms with E-state index in [2.05, 4.69) is 15.8 Å². The lowest BCUT2D eigenvalue weighted by atomic mass is 10.3. The van der Waals surface area contributed by atoms with Crippen molar-refractivity contribution in [1.29, 1.82) is 0 Å². The third kappa shape index (κ3) is 3.03. The maximum Gasteiger partial charge on any atom is 0.294 e. The molecule has 0 radical (unpaired) electrons. The molecule has 0 aliphatic carbocycles. The number of nitrogens with zero attached hydrogens (tertiary/aromatic N) is 2. The van der Waals surface area contributed by atoms with Gasteiger partial charge in [0.2, 0.25) is 0 Å². The maximum atomic E-state index is 11.7. The molecule has 0 spiro atoms. The Hall–Kier alpha value is -2.96. The molecule has 2 N–H and O–H groups in total. The third-order valence-corrected chi connectivity index (χ3v) is 2.31. The van der Waals surface area contributed by atoms with Crippen molar-refractivity contribution in [3.8, 4) is 0 Å². The van der Waals surface area contributed by atoms with Crippen molar-refractivity contribution in [2.45, 2.75) is 0 Å². The Labute approximate surface area is 108 Å². The molecule has 2 rings (SSSR count). The Kier molecular flexibility index (Phi) is 3.67. The number of benzene rings is 1. The quantitative estimate of drug-likeness (QED) is 0.643. The number of anilines is 1. The Morgan fingerprint density at radius 2 is 1.89 bits per heavy atom. The van der Waals surface area contributed by atoms with Gasteiger partial charge in [-0.25, -0.2) is 0 Å². The molecule has 0 aliphatic rings. The second kappa shape index (κ2) is 5.58. The largest absolute Gasteiger partial charge is 0.294 e. The highest BCUT2D eigenvalue weighted by Gasteiger charge is 2.13. The summed E-state index contributed by atoms with van der Waals surface area (Å²) in [5.41, 5.74) is 5.17. The Balaban J connectivity index is 2.07. The average molecular weight is 258 g/mol. The number of para-hydroxylation sites is 2. The molecule has 1 aromatic carbocycles. The van der Waals surface area contributed by atoms with Crippen molar-refractivity contribution < 1.29 is 9.72 Å². The number of hydrogen-bond acceptors (Lipinski definition) is 5. The molecule has 96 valence electrons. The van der Waals surface area contributed by atoms with Crippen LogP contribution in [0.5, 0.6) is 0 Å². The van der Waals surface area contributed by atoms with Crippen molar-refractivity contribution in [2.24, 2.45) is 0 Å². The summed E-state index contributed by atoms with van der Waals surface area (Å²) in [7, 11) is 0. The zero-order chi connectivity index (χ0) is 13.7. The van der Waals surface area contributed by atoms with Crippen LogP contribution in [-0.4, -0.2) is 15.8 Å². The highest BCUT2D eigenvalue weighted by Crippen LogP contribution is 2.22. The molecule has 0 atom stereocenters. The van der Waals surface area contributed by atoms with Crippen LogP contribution in [0.4, 0.5) is 11.4 Å². The van der Waals surface area contributed by atoms with E-state index in [4.69, 9.17) is 0 Å². The van der Waals surface area contributed by atoms with E-state index < -0.39 is 10.8 Å². The molecule has 7 nitrogen and oxygen atoms in total. The van der Waals surface area contributed by atoms with E-state index in [9.17, 15) is 14.9 Å². The van der Waals surface area contributed by atoms with E-state index >= 15 is 0 Å². The van der Waals surface area contributed by atoms with E-state index in [1.165, 1.54) is 24.4 Å². The molecule has 0 saturated heterocycles. The van der Waals surface area contributed by atoms with Gasteiger partial charge >= 0.3 is 0 Å². The smallest absolute Gasteiger partial charge is 0.292 e. The van der Waals surface area contributed by atoms with Gasteiger partial charge in [-0.3, -0.25) is 30.7 Å². The predicted molar refractivity (Wildman–Crippen MR) is 68.4 cm³/mol. The first-order valence-electron chi connectivity index (χ1n) is 5.39. The summed E-state index contributed by atoms with van der Waals surface area (Å²) < 4.78 is 0. The topological polar surface area (TPSA) is 97.2 Å². The first-order valence-corrected chi connectivity index (χ1v) is 5.39. The summed E-state index contributed by atoms with van der Waals surface area (Å²) in [5, 5.41) is 10.8. The lowest BCUT2D eigenvalue weighted by Crippen LogP contribution is -2.30. The standard InChI is InChI=1S/C12H10N4O3/c17-12(10-6-3-4-8-13-10)15-14-9-5-1-2-7-11(9)16(18)19/h1-8,14H,(H,15,17).